The van der Waals surface area contributed by atoms with Gasteiger partial charge in [-0.25, -0.2) is 4.79 Å². The fourth-order valence-electron chi connectivity index (χ4n) is 4.09. The molecule has 5 rings (SSSR count). The van der Waals surface area contributed by atoms with Crippen molar-refractivity contribution in [1.82, 2.24) is 14.5 Å². The van der Waals surface area contributed by atoms with Gasteiger partial charge in [0.2, 0.25) is 0 Å². The predicted octanol–water partition coefficient (Wildman–Crippen LogP) is 3.05. The number of ether oxygens (including phenoxy) is 4. The highest BCUT2D eigenvalue weighted by atomic mass is 19.4. The number of carbonyl (C=O) groups excluding carboxylic acids is 1. The van der Waals surface area contributed by atoms with Crippen LogP contribution >= 0.6 is 0 Å². The van der Waals surface area contributed by atoms with Crippen LogP contribution in [-0.4, -0.2) is 69.0 Å². The Morgan fingerprint density at radius 1 is 1.23 bits per heavy atom. The molecule has 4 heterocycles. The van der Waals surface area contributed by atoms with Gasteiger partial charge in [0.25, 0.3) is 0 Å². The second-order valence-corrected chi connectivity index (χ2v) is 8.60. The molecule has 0 radical (unpaired) electrons. The number of fused-ring (bicyclic) bond motifs is 1. The number of hydrogen-bond acceptors (Lipinski definition) is 10. The Kier molecular flexibility index (Phi) is 6.96. The lowest BCUT2D eigenvalue weighted by atomic mass is 10.1. The summed E-state index contributed by atoms with van der Waals surface area (Å²) in [6.45, 7) is 0.00736. The van der Waals surface area contributed by atoms with Crippen LogP contribution < -0.4 is 14.4 Å². The molecule has 2 aliphatic rings. The molecule has 39 heavy (non-hydrogen) atoms. The summed E-state index contributed by atoms with van der Waals surface area (Å²) in [5, 5.41) is 20.1. The maximum absolute atomic E-state index is 13.2. The maximum atomic E-state index is 13.2. The number of aliphatic hydroxyl groups excluding tert-OH is 1. The van der Waals surface area contributed by atoms with Gasteiger partial charge in [0.15, 0.2) is 0 Å². The number of carbonyl (C=O) groups is 1. The quantitative estimate of drug-likeness (QED) is 0.327. The number of benzene rings is 1. The molecule has 2 aliphatic heterocycles. The number of nitro groups is 1. The molecule has 16 heteroatoms. The average molecular weight is 551 g/mol. The van der Waals surface area contributed by atoms with Crippen LogP contribution in [-0.2, 0) is 22.6 Å². The standard InChI is InChI=1S/C23H20F3N5O8/c24-23(25,26)39-19-5-15(30-8-16(10-32)38-22(30)33)3-4-18(19)13-1-2-14(27-6-13)11-36-17-7-29-9-20(31(34)35)28-21(29)37-12-17/h1-6,9,16-17,32H,7-8,10-12H2/t16-,17+/m1/s1. The molecule has 2 aromatic heterocycles. The average Bonchev–Trinajstić information content (AvgIpc) is 3.50. The van der Waals surface area contributed by atoms with Crippen molar-refractivity contribution in [3.63, 3.8) is 0 Å². The summed E-state index contributed by atoms with van der Waals surface area (Å²) >= 11 is 0. The first kappa shape index (κ1) is 26.2. The minimum atomic E-state index is -4.99. The first-order chi connectivity index (χ1) is 18.6. The lowest BCUT2D eigenvalue weighted by Gasteiger charge is -2.22. The van der Waals surface area contributed by atoms with Crippen molar-refractivity contribution >= 4 is 17.6 Å². The molecule has 1 amide bonds. The highest BCUT2D eigenvalue weighted by molar-refractivity contribution is 5.91. The van der Waals surface area contributed by atoms with Gasteiger partial charge in [-0.15, -0.1) is 13.2 Å². The molecule has 1 N–H and O–H groups in total. The van der Waals surface area contributed by atoms with Gasteiger partial charge < -0.3 is 34.2 Å². The van der Waals surface area contributed by atoms with Crippen LogP contribution in [0, 0.1) is 10.1 Å². The number of rotatable bonds is 8. The number of anilines is 1. The van der Waals surface area contributed by atoms with Gasteiger partial charge >= 0.3 is 24.3 Å². The van der Waals surface area contributed by atoms with Crippen molar-refractivity contribution in [2.75, 3.05) is 24.7 Å². The summed E-state index contributed by atoms with van der Waals surface area (Å²) in [6.07, 6.45) is -4.40. The third-order valence-electron chi connectivity index (χ3n) is 5.90. The fraction of sp³-hybridized carbons (Fsp3) is 0.348. The number of hydrogen-bond donors (Lipinski definition) is 1. The van der Waals surface area contributed by atoms with Crippen molar-refractivity contribution in [2.45, 2.75) is 31.7 Å². The fourth-order valence-corrected chi connectivity index (χ4v) is 4.09. The van der Waals surface area contributed by atoms with E-state index in [0.717, 1.165) is 11.0 Å². The van der Waals surface area contributed by atoms with Gasteiger partial charge in [-0.2, -0.15) is 0 Å². The zero-order valence-corrected chi connectivity index (χ0v) is 19.9. The lowest BCUT2D eigenvalue weighted by Crippen LogP contribution is -2.32. The van der Waals surface area contributed by atoms with E-state index in [4.69, 9.17) is 14.2 Å². The molecule has 0 spiro atoms. The van der Waals surface area contributed by atoms with Gasteiger partial charge in [0.05, 0.1) is 37.7 Å². The highest BCUT2D eigenvalue weighted by Gasteiger charge is 2.35. The second-order valence-electron chi connectivity index (χ2n) is 8.60. The number of alkyl halides is 3. The topological polar surface area (TPSA) is 151 Å². The number of aromatic nitrogens is 3. The van der Waals surface area contributed by atoms with E-state index in [-0.39, 0.29) is 49.4 Å². The Labute approximate surface area is 217 Å². The van der Waals surface area contributed by atoms with E-state index in [2.05, 4.69) is 14.7 Å². The van der Waals surface area contributed by atoms with Crippen LogP contribution in [0.3, 0.4) is 0 Å². The first-order valence-corrected chi connectivity index (χ1v) is 11.5. The molecular formula is C23H20F3N5O8. The zero-order valence-electron chi connectivity index (χ0n) is 19.9. The normalized spacial score (nSPS) is 18.9. The Hall–Kier alpha value is -4.44. The molecule has 1 fully saturated rings. The van der Waals surface area contributed by atoms with E-state index in [1.165, 1.54) is 29.1 Å². The predicted molar refractivity (Wildman–Crippen MR) is 124 cm³/mol. The number of pyridine rings is 1. The zero-order chi connectivity index (χ0) is 27.7. The Bertz CT molecular complexity index is 1380. The van der Waals surface area contributed by atoms with E-state index < -0.39 is 41.9 Å². The van der Waals surface area contributed by atoms with Crippen molar-refractivity contribution in [1.29, 1.82) is 0 Å². The Balaban J connectivity index is 1.28. The number of cyclic esters (lactones) is 1. The molecule has 2 atom stereocenters. The van der Waals surface area contributed by atoms with Crippen molar-refractivity contribution in [3.8, 4) is 22.9 Å². The summed E-state index contributed by atoms with van der Waals surface area (Å²) in [7, 11) is 0. The molecular weight excluding hydrogens is 531 g/mol. The molecule has 206 valence electrons. The van der Waals surface area contributed by atoms with Crippen LogP contribution in [0.25, 0.3) is 11.1 Å². The molecule has 3 aromatic rings. The SMILES string of the molecule is O=C1O[C@@H](CO)CN1c1ccc(-c2ccc(CO[C@@H]3COc4nc([N+](=O)[O-])cn4C3)nc2)c(OC(F)(F)F)c1. The van der Waals surface area contributed by atoms with Crippen LogP contribution in [0.1, 0.15) is 5.69 Å². The largest absolute Gasteiger partial charge is 0.573 e. The maximum Gasteiger partial charge on any atom is 0.573 e. The monoisotopic (exact) mass is 551 g/mol. The smallest absolute Gasteiger partial charge is 0.443 e. The lowest BCUT2D eigenvalue weighted by molar-refractivity contribution is -0.389. The Morgan fingerprint density at radius 2 is 2.05 bits per heavy atom. The van der Waals surface area contributed by atoms with Gasteiger partial charge in [-0.3, -0.25) is 14.5 Å². The van der Waals surface area contributed by atoms with E-state index in [1.807, 2.05) is 0 Å². The van der Waals surface area contributed by atoms with Crippen molar-refractivity contribution in [3.05, 3.63) is 58.5 Å². The number of nitrogens with zero attached hydrogens (tertiary/aromatic N) is 5. The number of imidazole rings is 1. The van der Waals surface area contributed by atoms with Crippen molar-refractivity contribution < 1.29 is 46.9 Å². The summed E-state index contributed by atoms with van der Waals surface area (Å²) in [4.78, 5) is 31.5. The van der Waals surface area contributed by atoms with Gasteiger partial charge in [-0.1, -0.05) is 6.07 Å². The minimum absolute atomic E-state index is 0.0263. The highest BCUT2D eigenvalue weighted by Crippen LogP contribution is 2.37. The number of halogens is 3. The van der Waals surface area contributed by atoms with E-state index in [1.54, 1.807) is 12.1 Å². The number of aliphatic hydroxyl groups is 1. The van der Waals surface area contributed by atoms with Crippen LogP contribution in [0.2, 0.25) is 0 Å². The molecule has 13 nitrogen and oxygen atoms in total. The van der Waals surface area contributed by atoms with E-state index in [9.17, 15) is 33.2 Å². The molecule has 0 saturated carbocycles. The first-order valence-electron chi connectivity index (χ1n) is 11.5. The van der Waals surface area contributed by atoms with Gasteiger partial charge in [0.1, 0.15) is 30.8 Å². The molecule has 0 unspecified atom stereocenters. The third-order valence-corrected chi connectivity index (χ3v) is 5.90. The van der Waals surface area contributed by atoms with Gasteiger partial charge in [0, 0.05) is 28.4 Å². The summed E-state index contributed by atoms with van der Waals surface area (Å²) in [6, 6.07) is 7.12. The third kappa shape index (κ3) is 5.85. The number of amides is 1. The molecule has 0 aliphatic carbocycles. The van der Waals surface area contributed by atoms with Crippen LogP contribution in [0.15, 0.2) is 42.7 Å². The van der Waals surface area contributed by atoms with Crippen molar-refractivity contribution in [2.24, 2.45) is 0 Å². The summed E-state index contributed by atoms with van der Waals surface area (Å²) in [5.74, 6) is -0.879. The van der Waals surface area contributed by atoms with Crippen LogP contribution in [0.5, 0.6) is 11.8 Å². The summed E-state index contributed by atoms with van der Waals surface area (Å²) in [5.41, 5.74) is 0.985. The van der Waals surface area contributed by atoms with E-state index >= 15 is 0 Å². The molecule has 0 bridgehead atoms. The molecule has 1 aromatic carbocycles. The second kappa shape index (κ2) is 10.4. The van der Waals surface area contributed by atoms with E-state index in [0.29, 0.717) is 11.3 Å². The summed E-state index contributed by atoms with van der Waals surface area (Å²) < 4.78 is 61.4. The minimum Gasteiger partial charge on any atom is -0.443 e. The van der Waals surface area contributed by atoms with Gasteiger partial charge in [-0.05, 0) is 23.1 Å². The molecule has 1 saturated heterocycles. The van der Waals surface area contributed by atoms with Crippen LogP contribution in [0.4, 0.5) is 29.5 Å². The Morgan fingerprint density at radius 3 is 2.72 bits per heavy atom.